The van der Waals surface area contributed by atoms with Gasteiger partial charge in [-0.05, 0) is 42.0 Å². The van der Waals surface area contributed by atoms with Gasteiger partial charge in [-0.2, -0.15) is 0 Å². The van der Waals surface area contributed by atoms with Gasteiger partial charge in [0.05, 0.1) is 11.9 Å². The SMILES string of the molecule is CS(=O)(=O)N(c1ccc(F)cc1)[C@H](Cc1cccc(Br)c1)C(=O)O. The summed E-state index contributed by atoms with van der Waals surface area (Å²) >= 11 is 3.30. The Morgan fingerprint density at radius 3 is 2.38 bits per heavy atom. The highest BCUT2D eigenvalue weighted by Gasteiger charge is 2.32. The number of carboxylic acids is 1. The third kappa shape index (κ3) is 4.55. The Hall–Kier alpha value is -1.93. The summed E-state index contributed by atoms with van der Waals surface area (Å²) < 4.78 is 39.0. The number of halogens is 2. The van der Waals surface area contributed by atoms with Gasteiger partial charge in [-0.1, -0.05) is 28.1 Å². The van der Waals surface area contributed by atoms with Gasteiger partial charge in [-0.15, -0.1) is 0 Å². The number of hydrogen-bond donors (Lipinski definition) is 1. The third-order valence-corrected chi connectivity index (χ3v) is 5.00. The smallest absolute Gasteiger partial charge is 0.327 e. The first-order valence-electron chi connectivity index (χ1n) is 6.90. The van der Waals surface area contributed by atoms with E-state index in [9.17, 15) is 22.7 Å². The Morgan fingerprint density at radius 2 is 1.88 bits per heavy atom. The molecule has 5 nitrogen and oxygen atoms in total. The molecule has 0 fully saturated rings. The van der Waals surface area contributed by atoms with E-state index in [-0.39, 0.29) is 12.1 Å². The number of hydrogen-bond acceptors (Lipinski definition) is 3. The summed E-state index contributed by atoms with van der Waals surface area (Å²) in [6.07, 6.45) is 0.895. The van der Waals surface area contributed by atoms with Crippen molar-refractivity contribution in [1.29, 1.82) is 0 Å². The Balaban J connectivity index is 2.47. The highest BCUT2D eigenvalue weighted by molar-refractivity contribution is 9.10. The molecule has 0 radical (unpaired) electrons. The first kappa shape index (κ1) is 18.4. The van der Waals surface area contributed by atoms with Crippen molar-refractivity contribution in [3.05, 3.63) is 64.4 Å². The van der Waals surface area contributed by atoms with Crippen molar-refractivity contribution >= 4 is 37.6 Å². The van der Waals surface area contributed by atoms with Gasteiger partial charge in [0, 0.05) is 10.9 Å². The van der Waals surface area contributed by atoms with Crippen molar-refractivity contribution in [1.82, 2.24) is 0 Å². The number of anilines is 1. The standard InChI is InChI=1S/C16H15BrFNO4S/c1-24(22,23)19(14-7-5-13(18)6-8-14)15(16(20)21)10-11-3-2-4-12(17)9-11/h2-9,15H,10H2,1H3,(H,20,21)/t15-/m1/s1. The van der Waals surface area contributed by atoms with Crippen LogP contribution in [0.25, 0.3) is 0 Å². The largest absolute Gasteiger partial charge is 0.480 e. The van der Waals surface area contributed by atoms with Crippen LogP contribution in [0.3, 0.4) is 0 Å². The second-order valence-electron chi connectivity index (χ2n) is 5.22. The van der Waals surface area contributed by atoms with E-state index in [1.54, 1.807) is 24.3 Å². The molecule has 2 aromatic carbocycles. The summed E-state index contributed by atoms with van der Waals surface area (Å²) in [6.45, 7) is 0. The van der Waals surface area contributed by atoms with Gasteiger partial charge >= 0.3 is 5.97 Å². The maximum Gasteiger partial charge on any atom is 0.327 e. The number of sulfonamides is 1. The van der Waals surface area contributed by atoms with Crippen LogP contribution in [0.1, 0.15) is 5.56 Å². The lowest BCUT2D eigenvalue weighted by Gasteiger charge is -2.29. The second kappa shape index (κ2) is 7.31. The van der Waals surface area contributed by atoms with Crippen LogP contribution in [-0.2, 0) is 21.2 Å². The molecular weight excluding hydrogens is 401 g/mol. The topological polar surface area (TPSA) is 74.7 Å². The van der Waals surface area contributed by atoms with Crippen LogP contribution >= 0.6 is 15.9 Å². The van der Waals surface area contributed by atoms with Gasteiger partial charge in [0.2, 0.25) is 10.0 Å². The number of nitrogens with zero attached hydrogens (tertiary/aromatic N) is 1. The van der Waals surface area contributed by atoms with E-state index in [0.717, 1.165) is 27.2 Å². The van der Waals surface area contributed by atoms with E-state index >= 15 is 0 Å². The summed E-state index contributed by atoms with van der Waals surface area (Å²) in [5.74, 6) is -1.82. The maximum absolute atomic E-state index is 13.1. The molecule has 0 aliphatic rings. The molecule has 0 bridgehead atoms. The third-order valence-electron chi connectivity index (χ3n) is 3.32. The van der Waals surface area contributed by atoms with E-state index in [1.807, 2.05) is 0 Å². The Bertz CT molecular complexity index is 839. The zero-order valence-electron chi connectivity index (χ0n) is 12.7. The first-order chi connectivity index (χ1) is 11.2. The first-order valence-corrected chi connectivity index (χ1v) is 9.55. The van der Waals surface area contributed by atoms with Gasteiger partial charge in [0.1, 0.15) is 11.9 Å². The van der Waals surface area contributed by atoms with Crippen LogP contribution in [0.4, 0.5) is 10.1 Å². The molecule has 0 unspecified atom stereocenters. The molecule has 1 atom stereocenters. The van der Waals surface area contributed by atoms with Gasteiger partial charge in [0.15, 0.2) is 0 Å². The molecule has 8 heteroatoms. The Labute approximate surface area is 147 Å². The molecule has 0 aromatic heterocycles. The molecule has 0 saturated heterocycles. The molecule has 1 N–H and O–H groups in total. The van der Waals surface area contributed by atoms with Gasteiger partial charge in [0.25, 0.3) is 0 Å². The summed E-state index contributed by atoms with van der Waals surface area (Å²) in [6, 6.07) is 10.3. The predicted octanol–water partition coefficient (Wildman–Crippen LogP) is 3.05. The molecule has 24 heavy (non-hydrogen) atoms. The number of aliphatic carboxylic acids is 1. The van der Waals surface area contributed by atoms with Crippen molar-refractivity contribution in [2.24, 2.45) is 0 Å². The highest BCUT2D eigenvalue weighted by atomic mass is 79.9. The molecule has 0 spiro atoms. The van der Waals surface area contributed by atoms with Crippen molar-refractivity contribution in [3.63, 3.8) is 0 Å². The molecule has 0 aliphatic carbocycles. The molecule has 0 amide bonds. The van der Waals surface area contributed by atoms with E-state index in [0.29, 0.717) is 5.56 Å². The normalized spacial score (nSPS) is 12.6. The fraction of sp³-hybridized carbons (Fsp3) is 0.188. The average molecular weight is 416 g/mol. The lowest BCUT2D eigenvalue weighted by atomic mass is 10.1. The minimum absolute atomic E-state index is 0.0286. The average Bonchev–Trinajstić information content (AvgIpc) is 2.47. The maximum atomic E-state index is 13.1. The lowest BCUT2D eigenvalue weighted by Crippen LogP contribution is -2.46. The summed E-state index contributed by atoms with van der Waals surface area (Å²) in [4.78, 5) is 11.7. The molecule has 0 heterocycles. The molecule has 2 rings (SSSR count). The predicted molar refractivity (Wildman–Crippen MR) is 93.0 cm³/mol. The van der Waals surface area contributed by atoms with Crippen molar-refractivity contribution in [2.45, 2.75) is 12.5 Å². The van der Waals surface area contributed by atoms with Crippen LogP contribution in [0, 0.1) is 5.82 Å². The minimum atomic E-state index is -3.89. The molecule has 128 valence electrons. The second-order valence-corrected chi connectivity index (χ2v) is 8.00. The van der Waals surface area contributed by atoms with Gasteiger partial charge in [-0.25, -0.2) is 17.6 Å². The minimum Gasteiger partial charge on any atom is -0.480 e. The van der Waals surface area contributed by atoms with E-state index < -0.39 is 27.9 Å². The monoisotopic (exact) mass is 415 g/mol. The molecule has 0 aliphatic heterocycles. The van der Waals surface area contributed by atoms with Crippen LogP contribution in [0.2, 0.25) is 0 Å². The van der Waals surface area contributed by atoms with Crippen LogP contribution in [-0.4, -0.2) is 31.8 Å². The quantitative estimate of drug-likeness (QED) is 0.786. The van der Waals surface area contributed by atoms with Crippen molar-refractivity contribution in [2.75, 3.05) is 10.6 Å². The van der Waals surface area contributed by atoms with Crippen LogP contribution in [0.15, 0.2) is 53.0 Å². The molecule has 2 aromatic rings. The Kier molecular flexibility index (Phi) is 5.61. The van der Waals surface area contributed by atoms with Crippen LogP contribution < -0.4 is 4.31 Å². The van der Waals surface area contributed by atoms with Crippen LogP contribution in [0.5, 0.6) is 0 Å². The number of carboxylic acid groups (broad SMARTS) is 1. The molecule has 0 saturated carbocycles. The highest BCUT2D eigenvalue weighted by Crippen LogP contribution is 2.24. The van der Waals surface area contributed by atoms with Crippen molar-refractivity contribution < 1.29 is 22.7 Å². The zero-order valence-corrected chi connectivity index (χ0v) is 15.1. The van der Waals surface area contributed by atoms with Crippen molar-refractivity contribution in [3.8, 4) is 0 Å². The Morgan fingerprint density at radius 1 is 1.25 bits per heavy atom. The van der Waals surface area contributed by atoms with Gasteiger partial charge < -0.3 is 5.11 Å². The fourth-order valence-corrected chi connectivity index (χ4v) is 3.93. The number of carbonyl (C=O) groups is 1. The van der Waals surface area contributed by atoms with E-state index in [4.69, 9.17) is 0 Å². The van der Waals surface area contributed by atoms with E-state index in [1.165, 1.54) is 12.1 Å². The zero-order chi connectivity index (χ0) is 17.9. The summed E-state index contributed by atoms with van der Waals surface area (Å²) in [7, 11) is -3.89. The summed E-state index contributed by atoms with van der Waals surface area (Å²) in [5, 5.41) is 9.56. The summed E-state index contributed by atoms with van der Waals surface area (Å²) in [5.41, 5.74) is 0.758. The van der Waals surface area contributed by atoms with E-state index in [2.05, 4.69) is 15.9 Å². The lowest BCUT2D eigenvalue weighted by molar-refractivity contribution is -0.138. The molecular formula is C16H15BrFNO4S. The number of rotatable bonds is 6. The van der Waals surface area contributed by atoms with Gasteiger partial charge in [-0.3, -0.25) is 4.31 Å². The number of benzene rings is 2. The fourth-order valence-electron chi connectivity index (χ4n) is 2.35.